The van der Waals surface area contributed by atoms with Gasteiger partial charge in [0.25, 0.3) is 11.8 Å². The number of benzene rings is 2. The van der Waals surface area contributed by atoms with Gasteiger partial charge in [-0.25, -0.2) is 0 Å². The summed E-state index contributed by atoms with van der Waals surface area (Å²) in [7, 11) is 0. The highest BCUT2D eigenvalue weighted by atomic mass is 16.2. The predicted molar refractivity (Wildman–Crippen MR) is 80.3 cm³/mol. The van der Waals surface area contributed by atoms with Crippen molar-refractivity contribution in [3.63, 3.8) is 0 Å². The molecule has 0 N–H and O–H groups in total. The molecule has 0 bridgehead atoms. The fraction of sp³-hybridized carbons (Fsp3) is 0.118. The molecule has 0 aromatic heterocycles. The molecule has 1 heterocycles. The lowest BCUT2D eigenvalue weighted by Crippen LogP contribution is -2.24. The minimum Gasteiger partial charge on any atom is -0.267 e. The van der Waals surface area contributed by atoms with E-state index in [0.29, 0.717) is 11.1 Å². The standard InChI is InChI=1S/C17H14N2O2/c1-12(13-7-3-2-4-8-13)11-18-19-16(20)14-9-5-6-10-15(14)17(19)21/h2-12H,1H3. The second-order valence-electron chi connectivity index (χ2n) is 4.93. The van der Waals surface area contributed by atoms with E-state index < -0.39 is 0 Å². The molecule has 0 aliphatic carbocycles. The number of carbonyl (C=O) groups is 2. The Balaban J connectivity index is 1.82. The van der Waals surface area contributed by atoms with Crippen LogP contribution in [0.3, 0.4) is 0 Å². The zero-order valence-corrected chi connectivity index (χ0v) is 11.6. The van der Waals surface area contributed by atoms with Crippen LogP contribution in [-0.4, -0.2) is 23.0 Å². The summed E-state index contributed by atoms with van der Waals surface area (Å²) >= 11 is 0. The van der Waals surface area contributed by atoms with E-state index >= 15 is 0 Å². The first-order valence-electron chi connectivity index (χ1n) is 6.75. The van der Waals surface area contributed by atoms with Gasteiger partial charge >= 0.3 is 0 Å². The normalized spacial score (nSPS) is 15.6. The number of hydrogen-bond donors (Lipinski definition) is 0. The maximum absolute atomic E-state index is 12.1. The maximum Gasteiger partial charge on any atom is 0.282 e. The summed E-state index contributed by atoms with van der Waals surface area (Å²) in [4.78, 5) is 24.3. The number of imide groups is 1. The summed E-state index contributed by atoms with van der Waals surface area (Å²) in [6.07, 6.45) is 1.62. The van der Waals surface area contributed by atoms with Crippen molar-refractivity contribution in [2.24, 2.45) is 5.10 Å². The van der Waals surface area contributed by atoms with E-state index in [-0.39, 0.29) is 17.7 Å². The van der Waals surface area contributed by atoms with Crippen LogP contribution in [0, 0.1) is 0 Å². The van der Waals surface area contributed by atoms with E-state index in [2.05, 4.69) is 5.10 Å². The monoisotopic (exact) mass is 278 g/mol. The number of nitrogens with zero attached hydrogens (tertiary/aromatic N) is 2. The Bertz CT molecular complexity index is 688. The van der Waals surface area contributed by atoms with Crippen molar-refractivity contribution in [3.05, 3.63) is 71.3 Å². The van der Waals surface area contributed by atoms with Crippen molar-refractivity contribution in [2.75, 3.05) is 0 Å². The molecular formula is C17H14N2O2. The molecule has 2 aromatic carbocycles. The summed E-state index contributed by atoms with van der Waals surface area (Å²) < 4.78 is 0. The van der Waals surface area contributed by atoms with Gasteiger partial charge in [-0.15, -0.1) is 0 Å². The molecule has 1 aliphatic heterocycles. The summed E-state index contributed by atoms with van der Waals surface area (Å²) in [5.74, 6) is -0.713. The van der Waals surface area contributed by atoms with Crippen molar-refractivity contribution < 1.29 is 9.59 Å². The number of fused-ring (bicyclic) bond motifs is 1. The van der Waals surface area contributed by atoms with Crippen LogP contribution in [-0.2, 0) is 0 Å². The number of rotatable bonds is 3. The second kappa shape index (κ2) is 5.32. The molecule has 2 amide bonds. The Morgan fingerprint density at radius 3 is 2.00 bits per heavy atom. The fourth-order valence-electron chi connectivity index (χ4n) is 2.29. The Kier molecular flexibility index (Phi) is 3.36. The number of hydrazone groups is 1. The molecule has 4 nitrogen and oxygen atoms in total. The SMILES string of the molecule is CC(C=NN1C(=O)c2ccccc2C1=O)c1ccccc1. The van der Waals surface area contributed by atoms with Crippen LogP contribution in [0.4, 0.5) is 0 Å². The Morgan fingerprint density at radius 1 is 0.905 bits per heavy atom. The molecule has 21 heavy (non-hydrogen) atoms. The van der Waals surface area contributed by atoms with Gasteiger partial charge in [-0.2, -0.15) is 10.1 Å². The topological polar surface area (TPSA) is 49.7 Å². The van der Waals surface area contributed by atoms with Gasteiger partial charge in [0.05, 0.1) is 11.1 Å². The molecule has 104 valence electrons. The van der Waals surface area contributed by atoms with E-state index in [9.17, 15) is 9.59 Å². The van der Waals surface area contributed by atoms with E-state index in [0.717, 1.165) is 10.6 Å². The van der Waals surface area contributed by atoms with Crippen LogP contribution in [0.25, 0.3) is 0 Å². The molecule has 0 spiro atoms. The molecule has 0 radical (unpaired) electrons. The van der Waals surface area contributed by atoms with Gasteiger partial charge in [-0.3, -0.25) is 9.59 Å². The lowest BCUT2D eigenvalue weighted by Gasteiger charge is -2.09. The van der Waals surface area contributed by atoms with Crippen molar-refractivity contribution in [2.45, 2.75) is 12.8 Å². The van der Waals surface area contributed by atoms with Crippen LogP contribution in [0.15, 0.2) is 59.7 Å². The molecular weight excluding hydrogens is 264 g/mol. The molecule has 3 rings (SSSR count). The summed E-state index contributed by atoms with van der Waals surface area (Å²) in [6, 6.07) is 16.6. The number of carbonyl (C=O) groups excluding carboxylic acids is 2. The average Bonchev–Trinajstić information content (AvgIpc) is 2.78. The van der Waals surface area contributed by atoms with Crippen molar-refractivity contribution in [1.82, 2.24) is 5.01 Å². The van der Waals surface area contributed by atoms with E-state index in [1.807, 2.05) is 37.3 Å². The highest BCUT2D eigenvalue weighted by Gasteiger charge is 2.35. The summed E-state index contributed by atoms with van der Waals surface area (Å²) in [5.41, 5.74) is 1.90. The molecule has 1 atom stereocenters. The van der Waals surface area contributed by atoms with Crippen molar-refractivity contribution >= 4 is 18.0 Å². The molecule has 0 saturated carbocycles. The van der Waals surface area contributed by atoms with Gasteiger partial charge in [0.2, 0.25) is 0 Å². The third-order valence-electron chi connectivity index (χ3n) is 3.50. The maximum atomic E-state index is 12.1. The highest BCUT2D eigenvalue weighted by Crippen LogP contribution is 2.23. The van der Waals surface area contributed by atoms with Gasteiger partial charge in [0.1, 0.15) is 0 Å². The van der Waals surface area contributed by atoms with Gasteiger partial charge in [0, 0.05) is 12.1 Å². The first-order chi connectivity index (χ1) is 10.2. The minimum absolute atomic E-state index is 0.0236. The summed E-state index contributed by atoms with van der Waals surface area (Å²) in [5, 5.41) is 5.02. The summed E-state index contributed by atoms with van der Waals surface area (Å²) in [6.45, 7) is 1.97. The largest absolute Gasteiger partial charge is 0.282 e. The molecule has 4 heteroatoms. The Hall–Kier alpha value is -2.75. The van der Waals surface area contributed by atoms with Gasteiger partial charge in [-0.05, 0) is 17.7 Å². The quantitative estimate of drug-likeness (QED) is 0.640. The zero-order chi connectivity index (χ0) is 14.8. The highest BCUT2D eigenvalue weighted by molar-refractivity contribution is 6.21. The van der Waals surface area contributed by atoms with Crippen LogP contribution in [0.1, 0.15) is 39.1 Å². The van der Waals surface area contributed by atoms with Crippen LogP contribution in [0.2, 0.25) is 0 Å². The third-order valence-corrected chi connectivity index (χ3v) is 3.50. The van der Waals surface area contributed by atoms with Gasteiger partial charge in [-0.1, -0.05) is 49.4 Å². The van der Waals surface area contributed by atoms with Gasteiger partial charge in [0.15, 0.2) is 0 Å². The third kappa shape index (κ3) is 2.36. The van der Waals surface area contributed by atoms with Crippen LogP contribution < -0.4 is 0 Å². The molecule has 0 fully saturated rings. The van der Waals surface area contributed by atoms with Crippen molar-refractivity contribution in [3.8, 4) is 0 Å². The zero-order valence-electron chi connectivity index (χ0n) is 11.6. The number of amides is 2. The lowest BCUT2D eigenvalue weighted by molar-refractivity contribution is 0.0659. The van der Waals surface area contributed by atoms with E-state index in [1.54, 1.807) is 30.5 Å². The predicted octanol–water partition coefficient (Wildman–Crippen LogP) is 3.07. The van der Waals surface area contributed by atoms with E-state index in [4.69, 9.17) is 0 Å². The molecule has 2 aromatic rings. The molecule has 1 unspecified atom stereocenters. The second-order valence-corrected chi connectivity index (χ2v) is 4.93. The van der Waals surface area contributed by atoms with Crippen LogP contribution in [0.5, 0.6) is 0 Å². The Labute approximate surface area is 122 Å². The lowest BCUT2D eigenvalue weighted by atomic mass is 10.0. The molecule has 1 aliphatic rings. The smallest absolute Gasteiger partial charge is 0.267 e. The first-order valence-corrected chi connectivity index (χ1v) is 6.75. The van der Waals surface area contributed by atoms with Crippen molar-refractivity contribution in [1.29, 1.82) is 0 Å². The minimum atomic E-state index is -0.368. The van der Waals surface area contributed by atoms with E-state index in [1.165, 1.54) is 0 Å². The molecule has 0 saturated heterocycles. The Morgan fingerprint density at radius 2 is 1.43 bits per heavy atom. The number of hydrogen-bond acceptors (Lipinski definition) is 3. The average molecular weight is 278 g/mol. The fourth-order valence-corrected chi connectivity index (χ4v) is 2.29. The van der Waals surface area contributed by atoms with Gasteiger partial charge < -0.3 is 0 Å². The first kappa shape index (κ1) is 13.2. The van der Waals surface area contributed by atoms with Crippen LogP contribution >= 0.6 is 0 Å².